The molecule has 4 fully saturated rings. The lowest BCUT2D eigenvalue weighted by Gasteiger charge is -2.60. The molecule has 0 spiro atoms. The molecule has 0 aliphatic heterocycles. The van der Waals surface area contributed by atoms with Crippen molar-refractivity contribution < 1.29 is 4.79 Å². The molecule has 2 unspecified atom stereocenters. The second-order valence-electron chi connectivity index (χ2n) is 7.72. The molecule has 1 heterocycles. The molecule has 21 heavy (non-hydrogen) atoms. The van der Waals surface area contributed by atoms with E-state index in [0.717, 1.165) is 37.8 Å². The summed E-state index contributed by atoms with van der Waals surface area (Å²) in [6.45, 7) is 1.94. The SMILES string of the molecule is Cc1cccc(NC(=O)C23CC4CC(CC(N)(C4)C2)C3)n1. The predicted molar refractivity (Wildman–Crippen MR) is 81.6 cm³/mol. The summed E-state index contributed by atoms with van der Waals surface area (Å²) >= 11 is 0. The molecule has 4 nitrogen and oxygen atoms in total. The van der Waals surface area contributed by atoms with Gasteiger partial charge in [0.2, 0.25) is 5.91 Å². The molecule has 0 saturated heterocycles. The molecule has 1 aromatic rings. The summed E-state index contributed by atoms with van der Waals surface area (Å²) in [6, 6.07) is 5.74. The first kappa shape index (κ1) is 13.3. The fourth-order valence-electron chi connectivity index (χ4n) is 5.46. The molecule has 2 atom stereocenters. The first-order valence-corrected chi connectivity index (χ1v) is 8.00. The van der Waals surface area contributed by atoms with Crippen molar-refractivity contribution in [1.29, 1.82) is 0 Å². The van der Waals surface area contributed by atoms with E-state index in [-0.39, 0.29) is 16.9 Å². The Morgan fingerprint density at radius 2 is 2.00 bits per heavy atom. The highest BCUT2D eigenvalue weighted by Crippen LogP contribution is 2.61. The van der Waals surface area contributed by atoms with Gasteiger partial charge in [-0.1, -0.05) is 6.07 Å². The van der Waals surface area contributed by atoms with E-state index in [4.69, 9.17) is 5.73 Å². The molecule has 4 heteroatoms. The highest BCUT2D eigenvalue weighted by atomic mass is 16.2. The average Bonchev–Trinajstić information content (AvgIpc) is 2.35. The van der Waals surface area contributed by atoms with Crippen molar-refractivity contribution in [2.24, 2.45) is 23.0 Å². The predicted octanol–water partition coefficient (Wildman–Crippen LogP) is 2.63. The maximum absolute atomic E-state index is 12.9. The zero-order valence-corrected chi connectivity index (χ0v) is 12.6. The van der Waals surface area contributed by atoms with Crippen molar-refractivity contribution in [3.05, 3.63) is 23.9 Å². The van der Waals surface area contributed by atoms with E-state index in [0.29, 0.717) is 17.7 Å². The number of nitrogens with zero attached hydrogens (tertiary/aromatic N) is 1. The third-order valence-electron chi connectivity index (χ3n) is 5.72. The van der Waals surface area contributed by atoms with E-state index >= 15 is 0 Å². The number of hydrogen-bond acceptors (Lipinski definition) is 3. The first-order chi connectivity index (χ1) is 9.96. The van der Waals surface area contributed by atoms with Gasteiger partial charge in [0.25, 0.3) is 0 Å². The Morgan fingerprint density at radius 1 is 1.29 bits per heavy atom. The second kappa shape index (κ2) is 4.29. The number of aryl methyl sites for hydroxylation is 1. The van der Waals surface area contributed by atoms with Gasteiger partial charge in [0.15, 0.2) is 0 Å². The van der Waals surface area contributed by atoms with Crippen LogP contribution in [0.25, 0.3) is 0 Å². The Kier molecular flexibility index (Phi) is 2.71. The van der Waals surface area contributed by atoms with E-state index in [2.05, 4.69) is 10.3 Å². The Labute approximate surface area is 125 Å². The van der Waals surface area contributed by atoms with Crippen molar-refractivity contribution in [2.45, 2.75) is 51.0 Å². The second-order valence-corrected chi connectivity index (χ2v) is 7.72. The van der Waals surface area contributed by atoms with Gasteiger partial charge in [0.1, 0.15) is 5.82 Å². The largest absolute Gasteiger partial charge is 0.325 e. The molecular weight excluding hydrogens is 262 g/mol. The number of carbonyl (C=O) groups excluding carboxylic acids is 1. The van der Waals surface area contributed by atoms with Crippen LogP contribution in [0.3, 0.4) is 0 Å². The molecular formula is C17H23N3O. The van der Waals surface area contributed by atoms with Gasteiger partial charge in [0, 0.05) is 11.2 Å². The topological polar surface area (TPSA) is 68.0 Å². The molecule has 1 aromatic heterocycles. The summed E-state index contributed by atoms with van der Waals surface area (Å²) in [5, 5.41) is 3.05. The summed E-state index contributed by atoms with van der Waals surface area (Å²) in [7, 11) is 0. The normalized spacial score (nSPS) is 40.3. The van der Waals surface area contributed by atoms with E-state index in [1.807, 2.05) is 25.1 Å². The first-order valence-electron chi connectivity index (χ1n) is 8.00. The summed E-state index contributed by atoms with van der Waals surface area (Å²) in [5.41, 5.74) is 7.15. The van der Waals surface area contributed by atoms with Gasteiger partial charge in [-0.3, -0.25) is 4.79 Å². The molecule has 112 valence electrons. The zero-order chi connectivity index (χ0) is 14.7. The standard InChI is InChI=1S/C17H23N3O/c1-11-3-2-4-14(19-11)20-15(21)16-6-12-5-13(7-16)9-17(18,8-12)10-16/h2-4,12-13H,5-10,18H2,1H3,(H,19,20,21). The van der Waals surface area contributed by atoms with Gasteiger partial charge in [-0.15, -0.1) is 0 Å². The van der Waals surface area contributed by atoms with Gasteiger partial charge in [-0.2, -0.15) is 0 Å². The number of rotatable bonds is 2. The van der Waals surface area contributed by atoms with Crippen molar-refractivity contribution in [1.82, 2.24) is 4.98 Å². The van der Waals surface area contributed by atoms with Crippen LogP contribution in [-0.4, -0.2) is 16.4 Å². The highest BCUT2D eigenvalue weighted by molar-refractivity contribution is 5.95. The van der Waals surface area contributed by atoms with Gasteiger partial charge in [0.05, 0.1) is 5.41 Å². The van der Waals surface area contributed by atoms with Gasteiger partial charge in [-0.25, -0.2) is 4.98 Å². The van der Waals surface area contributed by atoms with Gasteiger partial charge in [-0.05, 0) is 69.4 Å². The Bertz CT molecular complexity index is 583. The molecule has 0 aromatic carbocycles. The van der Waals surface area contributed by atoms with Crippen molar-refractivity contribution in [3.63, 3.8) is 0 Å². The molecule has 4 bridgehead atoms. The summed E-state index contributed by atoms with van der Waals surface area (Å²) in [4.78, 5) is 17.3. The highest BCUT2D eigenvalue weighted by Gasteiger charge is 2.59. The minimum atomic E-state index is -0.246. The summed E-state index contributed by atoms with van der Waals surface area (Å²) in [5.74, 6) is 2.10. The lowest BCUT2D eigenvalue weighted by molar-refractivity contribution is -0.142. The molecule has 0 radical (unpaired) electrons. The maximum atomic E-state index is 12.9. The van der Waals surface area contributed by atoms with Crippen LogP contribution < -0.4 is 11.1 Å². The van der Waals surface area contributed by atoms with E-state index in [9.17, 15) is 4.79 Å². The van der Waals surface area contributed by atoms with Crippen molar-refractivity contribution >= 4 is 11.7 Å². The number of hydrogen-bond donors (Lipinski definition) is 2. The van der Waals surface area contributed by atoms with Crippen LogP contribution in [0, 0.1) is 24.2 Å². The molecule has 4 saturated carbocycles. The van der Waals surface area contributed by atoms with Crippen LogP contribution in [0.5, 0.6) is 0 Å². The molecule has 3 N–H and O–H groups in total. The lowest BCUT2D eigenvalue weighted by atomic mass is 9.47. The van der Waals surface area contributed by atoms with Crippen LogP contribution in [0.4, 0.5) is 5.82 Å². The van der Waals surface area contributed by atoms with E-state index < -0.39 is 0 Å². The third-order valence-corrected chi connectivity index (χ3v) is 5.72. The van der Waals surface area contributed by atoms with Crippen LogP contribution in [0.15, 0.2) is 18.2 Å². The van der Waals surface area contributed by atoms with Crippen LogP contribution in [0.1, 0.15) is 44.2 Å². The summed E-state index contributed by atoms with van der Waals surface area (Å²) in [6.07, 6.45) is 6.38. The number of carbonyl (C=O) groups is 1. The minimum Gasteiger partial charge on any atom is -0.325 e. The van der Waals surface area contributed by atoms with Gasteiger partial charge >= 0.3 is 0 Å². The van der Waals surface area contributed by atoms with Gasteiger partial charge < -0.3 is 11.1 Å². The number of anilines is 1. The third kappa shape index (κ3) is 2.16. The average molecular weight is 285 g/mol. The minimum absolute atomic E-state index is 0.0958. The quantitative estimate of drug-likeness (QED) is 0.877. The number of pyridine rings is 1. The number of aromatic nitrogens is 1. The Balaban J connectivity index is 1.59. The number of nitrogens with two attached hydrogens (primary N) is 1. The van der Waals surface area contributed by atoms with Crippen LogP contribution >= 0.6 is 0 Å². The molecule has 1 amide bonds. The summed E-state index contributed by atoms with van der Waals surface area (Å²) < 4.78 is 0. The molecule has 4 aliphatic carbocycles. The van der Waals surface area contributed by atoms with Crippen molar-refractivity contribution in [3.8, 4) is 0 Å². The fourth-order valence-corrected chi connectivity index (χ4v) is 5.46. The van der Waals surface area contributed by atoms with Crippen LogP contribution in [0.2, 0.25) is 0 Å². The molecule has 4 aliphatic rings. The fraction of sp³-hybridized carbons (Fsp3) is 0.647. The number of nitrogens with one attached hydrogen (secondary N) is 1. The van der Waals surface area contributed by atoms with E-state index in [1.54, 1.807) is 0 Å². The smallest absolute Gasteiger partial charge is 0.231 e. The monoisotopic (exact) mass is 285 g/mol. The Hall–Kier alpha value is -1.42. The maximum Gasteiger partial charge on any atom is 0.231 e. The zero-order valence-electron chi connectivity index (χ0n) is 12.6. The number of amides is 1. The van der Waals surface area contributed by atoms with Crippen molar-refractivity contribution in [2.75, 3.05) is 5.32 Å². The van der Waals surface area contributed by atoms with Crippen LogP contribution in [-0.2, 0) is 4.79 Å². The Morgan fingerprint density at radius 3 is 2.62 bits per heavy atom. The lowest BCUT2D eigenvalue weighted by Crippen LogP contribution is -2.62. The molecule has 5 rings (SSSR count). The van der Waals surface area contributed by atoms with E-state index in [1.165, 1.54) is 6.42 Å².